The lowest BCUT2D eigenvalue weighted by Gasteiger charge is -2.05. The van der Waals surface area contributed by atoms with E-state index < -0.39 is 5.97 Å². The van der Waals surface area contributed by atoms with Gasteiger partial charge in [0.1, 0.15) is 0 Å². The highest BCUT2D eigenvalue weighted by Crippen LogP contribution is 2.02. The molecule has 0 spiro atoms. The second-order valence-corrected chi connectivity index (χ2v) is 3.59. The number of carboxylic acids is 1. The highest BCUT2D eigenvalue weighted by molar-refractivity contribution is 5.85. The molecule has 94 valence electrons. The molecule has 0 aliphatic rings. The Morgan fingerprint density at radius 2 is 1.69 bits per heavy atom. The van der Waals surface area contributed by atoms with Crippen LogP contribution in [0, 0.1) is 0 Å². The number of rotatable bonds is 11. The van der Waals surface area contributed by atoms with Gasteiger partial charge in [0.25, 0.3) is 0 Å². The first-order valence-electron chi connectivity index (χ1n) is 5.75. The van der Waals surface area contributed by atoms with Crippen LogP contribution in [-0.4, -0.2) is 37.5 Å². The van der Waals surface area contributed by atoms with E-state index in [2.05, 4.69) is 13.5 Å². The smallest absolute Gasteiger partial charge is 0.330 e. The fourth-order valence-corrected chi connectivity index (χ4v) is 1.06. The van der Waals surface area contributed by atoms with Crippen LogP contribution in [0.25, 0.3) is 0 Å². The molecule has 0 unspecified atom stereocenters. The normalized spacial score (nSPS) is 10.3. The molecule has 4 nitrogen and oxygen atoms in total. The van der Waals surface area contributed by atoms with Gasteiger partial charge < -0.3 is 14.6 Å². The molecule has 1 N–H and O–H groups in total. The molecule has 0 amide bonds. The highest BCUT2D eigenvalue weighted by atomic mass is 16.5. The van der Waals surface area contributed by atoms with Gasteiger partial charge in [0.2, 0.25) is 0 Å². The molecule has 4 heteroatoms. The molecule has 0 radical (unpaired) electrons. The lowest BCUT2D eigenvalue weighted by atomic mass is 10.2. The van der Waals surface area contributed by atoms with Crippen molar-refractivity contribution in [3.8, 4) is 0 Å². The van der Waals surface area contributed by atoms with Crippen LogP contribution in [-0.2, 0) is 14.3 Å². The Hall–Kier alpha value is -0.870. The number of aliphatic carboxylic acids is 1. The molecule has 0 saturated carbocycles. The van der Waals surface area contributed by atoms with E-state index in [1.807, 2.05) is 0 Å². The Morgan fingerprint density at radius 1 is 1.12 bits per heavy atom. The van der Waals surface area contributed by atoms with Crippen molar-refractivity contribution in [1.29, 1.82) is 0 Å². The number of hydrogen-bond donors (Lipinski definition) is 1. The second-order valence-electron chi connectivity index (χ2n) is 3.59. The van der Waals surface area contributed by atoms with Crippen LogP contribution in [0.4, 0.5) is 0 Å². The lowest BCUT2D eigenvalue weighted by Crippen LogP contribution is -2.07. The summed E-state index contributed by atoms with van der Waals surface area (Å²) in [5, 5.41) is 8.54. The van der Waals surface area contributed by atoms with Gasteiger partial charge >= 0.3 is 5.97 Å². The van der Waals surface area contributed by atoms with Crippen LogP contribution in [0.2, 0.25) is 0 Å². The van der Waals surface area contributed by atoms with Crippen LogP contribution < -0.4 is 0 Å². The van der Waals surface area contributed by atoms with Crippen LogP contribution >= 0.6 is 0 Å². The summed E-state index contributed by atoms with van der Waals surface area (Å²) in [5.74, 6) is -0.928. The maximum atomic E-state index is 10.4. The third-order valence-corrected chi connectivity index (χ3v) is 2.08. The summed E-state index contributed by atoms with van der Waals surface area (Å²) in [7, 11) is 0. The van der Waals surface area contributed by atoms with Crippen LogP contribution in [0.3, 0.4) is 0 Å². The van der Waals surface area contributed by atoms with Crippen molar-refractivity contribution < 1.29 is 19.4 Å². The van der Waals surface area contributed by atoms with Crippen molar-refractivity contribution in [3.63, 3.8) is 0 Å². The topological polar surface area (TPSA) is 55.8 Å². The van der Waals surface area contributed by atoms with Crippen molar-refractivity contribution in [3.05, 3.63) is 12.2 Å². The number of carbonyl (C=O) groups is 1. The summed E-state index contributed by atoms with van der Waals surface area (Å²) in [5.41, 5.74) is 0.239. The van der Waals surface area contributed by atoms with Crippen molar-refractivity contribution in [2.75, 3.05) is 26.4 Å². The lowest BCUT2D eigenvalue weighted by molar-refractivity contribution is -0.132. The first-order valence-corrected chi connectivity index (χ1v) is 5.75. The predicted molar refractivity (Wildman–Crippen MR) is 62.6 cm³/mol. The molecule has 0 aliphatic heterocycles. The monoisotopic (exact) mass is 230 g/mol. The van der Waals surface area contributed by atoms with E-state index >= 15 is 0 Å². The van der Waals surface area contributed by atoms with E-state index in [0.29, 0.717) is 32.7 Å². The first kappa shape index (κ1) is 15.1. The molecule has 0 fully saturated rings. The number of hydrogen-bond acceptors (Lipinski definition) is 3. The van der Waals surface area contributed by atoms with Gasteiger partial charge in [0.15, 0.2) is 0 Å². The van der Waals surface area contributed by atoms with E-state index in [1.165, 1.54) is 0 Å². The fourth-order valence-electron chi connectivity index (χ4n) is 1.06. The Bertz CT molecular complexity index is 201. The molecule has 0 bridgehead atoms. The number of ether oxygens (including phenoxy) is 2. The Balaban J connectivity index is 3.10. The van der Waals surface area contributed by atoms with Crippen molar-refractivity contribution in [2.24, 2.45) is 0 Å². The minimum Gasteiger partial charge on any atom is -0.478 e. The third-order valence-electron chi connectivity index (χ3n) is 2.08. The van der Waals surface area contributed by atoms with E-state index in [-0.39, 0.29) is 5.57 Å². The molecule has 0 atom stereocenters. The molecular formula is C12H22O4. The SMILES string of the molecule is C=C(CCCOCCOCCCC)C(=O)O. The van der Waals surface area contributed by atoms with Crippen LogP contribution in [0.1, 0.15) is 32.6 Å². The van der Waals surface area contributed by atoms with Gasteiger partial charge in [-0.15, -0.1) is 0 Å². The quantitative estimate of drug-likeness (QED) is 0.437. The Kier molecular flexibility index (Phi) is 10.1. The number of carboxylic acid groups (broad SMARTS) is 1. The van der Waals surface area contributed by atoms with Crippen molar-refractivity contribution in [2.45, 2.75) is 32.6 Å². The second kappa shape index (κ2) is 10.6. The van der Waals surface area contributed by atoms with Gasteiger partial charge in [-0.05, 0) is 19.3 Å². The van der Waals surface area contributed by atoms with Crippen LogP contribution in [0.15, 0.2) is 12.2 Å². The summed E-state index contributed by atoms with van der Waals surface area (Å²) in [6.45, 7) is 8.09. The predicted octanol–water partition coefficient (Wildman–Crippen LogP) is 2.24. The zero-order valence-corrected chi connectivity index (χ0v) is 10.0. The maximum absolute atomic E-state index is 10.4. The van der Waals surface area contributed by atoms with Gasteiger partial charge in [0, 0.05) is 18.8 Å². The van der Waals surface area contributed by atoms with Crippen LogP contribution in [0.5, 0.6) is 0 Å². The molecule has 0 rings (SSSR count). The maximum Gasteiger partial charge on any atom is 0.330 e. The van der Waals surface area contributed by atoms with E-state index in [9.17, 15) is 4.79 Å². The standard InChI is InChI=1S/C12H22O4/c1-3-4-7-15-9-10-16-8-5-6-11(2)12(13)14/h2-10H2,1H3,(H,13,14). The summed E-state index contributed by atoms with van der Waals surface area (Å²) < 4.78 is 10.6. The van der Waals surface area contributed by atoms with Gasteiger partial charge in [-0.3, -0.25) is 0 Å². The third kappa shape index (κ3) is 9.68. The molecule has 0 aromatic heterocycles. The van der Waals surface area contributed by atoms with Gasteiger partial charge in [0.05, 0.1) is 13.2 Å². The summed E-state index contributed by atoms with van der Waals surface area (Å²) >= 11 is 0. The van der Waals surface area contributed by atoms with Crippen molar-refractivity contribution in [1.82, 2.24) is 0 Å². The molecular weight excluding hydrogens is 208 g/mol. The average molecular weight is 230 g/mol. The average Bonchev–Trinajstić information content (AvgIpc) is 2.26. The zero-order valence-electron chi connectivity index (χ0n) is 10.0. The highest BCUT2D eigenvalue weighted by Gasteiger charge is 2.02. The molecule has 0 aliphatic carbocycles. The summed E-state index contributed by atoms with van der Waals surface area (Å²) in [6, 6.07) is 0. The molecule has 0 heterocycles. The Morgan fingerprint density at radius 3 is 2.19 bits per heavy atom. The van der Waals surface area contributed by atoms with E-state index in [1.54, 1.807) is 0 Å². The minimum atomic E-state index is -0.928. The molecule has 0 aromatic rings. The first-order chi connectivity index (χ1) is 7.68. The van der Waals surface area contributed by atoms with Gasteiger partial charge in [-0.25, -0.2) is 4.79 Å². The van der Waals surface area contributed by atoms with Gasteiger partial charge in [-0.1, -0.05) is 19.9 Å². The molecule has 0 aromatic carbocycles. The van der Waals surface area contributed by atoms with Gasteiger partial charge in [-0.2, -0.15) is 0 Å². The summed E-state index contributed by atoms with van der Waals surface area (Å²) in [4.78, 5) is 10.4. The minimum absolute atomic E-state index is 0.239. The fraction of sp³-hybridized carbons (Fsp3) is 0.750. The molecule has 16 heavy (non-hydrogen) atoms. The number of unbranched alkanes of at least 4 members (excludes halogenated alkanes) is 1. The van der Waals surface area contributed by atoms with E-state index in [0.717, 1.165) is 19.4 Å². The molecule has 0 saturated heterocycles. The summed E-state index contributed by atoms with van der Waals surface area (Å²) in [6.07, 6.45) is 3.39. The zero-order chi connectivity index (χ0) is 12.2. The van der Waals surface area contributed by atoms with E-state index in [4.69, 9.17) is 14.6 Å². The Labute approximate surface area is 97.2 Å². The largest absolute Gasteiger partial charge is 0.478 e. The van der Waals surface area contributed by atoms with Crippen molar-refractivity contribution >= 4 is 5.97 Å².